The molecule has 158 valence electrons. The fourth-order valence-corrected chi connectivity index (χ4v) is 3.85. The van der Waals surface area contributed by atoms with Crippen molar-refractivity contribution >= 4 is 23.9 Å². The molecule has 1 atom stereocenters. The van der Waals surface area contributed by atoms with Crippen molar-refractivity contribution < 1.29 is 9.53 Å². The molecular weight excluding hydrogens is 378 g/mol. The number of anilines is 1. The summed E-state index contributed by atoms with van der Waals surface area (Å²) in [6.45, 7) is 4.43. The Bertz CT molecular complexity index is 1040. The van der Waals surface area contributed by atoms with E-state index in [9.17, 15) is 4.79 Å². The average molecular weight is 408 g/mol. The van der Waals surface area contributed by atoms with Gasteiger partial charge in [-0.3, -0.25) is 4.79 Å². The van der Waals surface area contributed by atoms with Gasteiger partial charge in [-0.2, -0.15) is 0 Å². The summed E-state index contributed by atoms with van der Waals surface area (Å²) in [5, 5.41) is 9.99. The van der Waals surface area contributed by atoms with Gasteiger partial charge in [0.2, 0.25) is 5.91 Å². The van der Waals surface area contributed by atoms with Crippen LogP contribution in [0.15, 0.2) is 36.4 Å². The number of benzene rings is 1. The second-order valence-electron chi connectivity index (χ2n) is 7.61. The highest BCUT2D eigenvalue weighted by Gasteiger charge is 2.32. The van der Waals surface area contributed by atoms with Gasteiger partial charge in [0, 0.05) is 24.9 Å². The number of allylic oxidation sites excluding steroid dienone is 2. The van der Waals surface area contributed by atoms with Gasteiger partial charge in [0.15, 0.2) is 5.82 Å². The molecule has 0 saturated carbocycles. The summed E-state index contributed by atoms with van der Waals surface area (Å²) < 4.78 is 7.62. The Hall–Kier alpha value is -2.90. The Kier molecular flexibility index (Phi) is 6.30. The number of ether oxygens (including phenoxy) is 1. The van der Waals surface area contributed by atoms with Gasteiger partial charge in [-0.15, -0.1) is 5.10 Å². The quantitative estimate of drug-likeness (QED) is 0.748. The molecule has 1 aliphatic carbocycles. The fourth-order valence-electron chi connectivity index (χ4n) is 3.85. The van der Waals surface area contributed by atoms with Crippen molar-refractivity contribution in [3.05, 3.63) is 52.5 Å². The Morgan fingerprint density at radius 1 is 1.30 bits per heavy atom. The highest BCUT2D eigenvalue weighted by Crippen LogP contribution is 2.16. The van der Waals surface area contributed by atoms with E-state index in [1.54, 1.807) is 0 Å². The van der Waals surface area contributed by atoms with Crippen LogP contribution in [0.3, 0.4) is 0 Å². The van der Waals surface area contributed by atoms with E-state index >= 15 is 0 Å². The Labute approximate surface area is 176 Å². The highest BCUT2D eigenvalue weighted by molar-refractivity contribution is 5.85. The van der Waals surface area contributed by atoms with Gasteiger partial charge < -0.3 is 20.7 Å². The minimum Gasteiger partial charge on any atom is -0.377 e. The standard InChI is InChI=1S/C23H29N5O2/c1-17-8-10-18(11-9-17)28-20-7-5-3-2-4-6-19(20)22(26-28)27-14-15-30-16-21(27)23(29)25-13-12-24/h2,4,6-11,21H,3,5,12-16,24H2,1H3,(H,25,29). The summed E-state index contributed by atoms with van der Waals surface area (Å²) in [6, 6.07) is 7.92. The molecular formula is C23H29N5O2. The first kappa shape index (κ1) is 20.4. The number of amides is 1. The van der Waals surface area contributed by atoms with Crippen LogP contribution in [0.25, 0.3) is 17.8 Å². The topological polar surface area (TPSA) is 85.4 Å². The van der Waals surface area contributed by atoms with Crippen molar-refractivity contribution in [2.75, 3.05) is 37.7 Å². The van der Waals surface area contributed by atoms with Gasteiger partial charge in [-0.1, -0.05) is 35.9 Å². The lowest BCUT2D eigenvalue weighted by atomic mass is 10.1. The minimum atomic E-state index is -0.432. The first-order chi connectivity index (χ1) is 14.7. The number of hydrogen-bond donors (Lipinski definition) is 2. The molecule has 2 aromatic rings. The molecule has 1 amide bonds. The van der Waals surface area contributed by atoms with Gasteiger partial charge in [-0.05, 0) is 38.0 Å². The molecule has 0 radical (unpaired) electrons. The van der Waals surface area contributed by atoms with Crippen LogP contribution >= 0.6 is 0 Å². The van der Waals surface area contributed by atoms with E-state index in [1.165, 1.54) is 5.56 Å². The van der Waals surface area contributed by atoms with Crippen LogP contribution in [-0.4, -0.2) is 54.6 Å². The number of morpholine rings is 1. The Balaban J connectivity index is 1.83. The van der Waals surface area contributed by atoms with Crippen molar-refractivity contribution in [1.82, 2.24) is 15.1 Å². The Morgan fingerprint density at radius 3 is 2.93 bits per heavy atom. The molecule has 7 nitrogen and oxygen atoms in total. The van der Waals surface area contributed by atoms with E-state index in [-0.39, 0.29) is 5.91 Å². The number of nitrogens with one attached hydrogen (secondary N) is 1. The van der Waals surface area contributed by atoms with Gasteiger partial charge in [0.05, 0.1) is 24.3 Å². The zero-order valence-corrected chi connectivity index (χ0v) is 17.4. The molecule has 1 unspecified atom stereocenters. The second-order valence-corrected chi connectivity index (χ2v) is 7.61. The summed E-state index contributed by atoms with van der Waals surface area (Å²) in [5.41, 5.74) is 7.78. The first-order valence-electron chi connectivity index (χ1n) is 10.5. The Morgan fingerprint density at radius 2 is 2.13 bits per heavy atom. The molecule has 30 heavy (non-hydrogen) atoms. The van der Waals surface area contributed by atoms with Crippen LogP contribution in [0.4, 0.5) is 5.82 Å². The molecule has 1 aliphatic heterocycles. The summed E-state index contributed by atoms with van der Waals surface area (Å²) in [7, 11) is 0. The van der Waals surface area contributed by atoms with E-state index in [1.807, 2.05) is 4.68 Å². The molecule has 1 aromatic carbocycles. The van der Waals surface area contributed by atoms with Crippen LogP contribution in [0.5, 0.6) is 0 Å². The van der Waals surface area contributed by atoms with Crippen LogP contribution in [0.1, 0.15) is 18.4 Å². The molecule has 3 N–H and O–H groups in total. The molecule has 1 fully saturated rings. The van der Waals surface area contributed by atoms with Gasteiger partial charge in [0.1, 0.15) is 6.04 Å². The van der Waals surface area contributed by atoms with Crippen LogP contribution < -0.4 is 26.5 Å². The minimum absolute atomic E-state index is 0.0795. The molecule has 0 spiro atoms. The zero-order valence-electron chi connectivity index (χ0n) is 17.4. The van der Waals surface area contributed by atoms with E-state index in [0.717, 1.165) is 34.9 Å². The summed E-state index contributed by atoms with van der Waals surface area (Å²) in [5.74, 6) is 0.730. The second kappa shape index (κ2) is 9.28. The van der Waals surface area contributed by atoms with Gasteiger partial charge in [-0.25, -0.2) is 4.68 Å². The number of aromatic nitrogens is 2. The molecule has 2 aliphatic rings. The number of carbonyl (C=O) groups is 1. The molecule has 7 heteroatoms. The number of carbonyl (C=O) groups excluding carboxylic acids is 1. The smallest absolute Gasteiger partial charge is 0.245 e. The molecule has 4 rings (SSSR count). The van der Waals surface area contributed by atoms with E-state index < -0.39 is 6.04 Å². The van der Waals surface area contributed by atoms with Crippen molar-refractivity contribution in [2.24, 2.45) is 5.73 Å². The predicted octanol–water partition coefficient (Wildman–Crippen LogP) is 0.372. The third-order valence-electron chi connectivity index (χ3n) is 5.44. The highest BCUT2D eigenvalue weighted by atomic mass is 16.5. The van der Waals surface area contributed by atoms with Gasteiger partial charge in [0.25, 0.3) is 0 Å². The summed E-state index contributed by atoms with van der Waals surface area (Å²) >= 11 is 0. The van der Waals surface area contributed by atoms with E-state index in [2.05, 4.69) is 65.7 Å². The summed E-state index contributed by atoms with van der Waals surface area (Å²) in [4.78, 5) is 14.9. The number of hydrogen-bond acceptors (Lipinski definition) is 5. The van der Waals surface area contributed by atoms with Crippen LogP contribution in [0, 0.1) is 6.92 Å². The van der Waals surface area contributed by atoms with Crippen molar-refractivity contribution in [1.29, 1.82) is 0 Å². The van der Waals surface area contributed by atoms with Crippen LogP contribution in [-0.2, 0) is 9.53 Å². The largest absolute Gasteiger partial charge is 0.377 e. The predicted molar refractivity (Wildman–Crippen MR) is 119 cm³/mol. The normalized spacial score (nSPS) is 18.6. The maximum atomic E-state index is 12.8. The monoisotopic (exact) mass is 407 g/mol. The van der Waals surface area contributed by atoms with Crippen molar-refractivity contribution in [3.8, 4) is 5.69 Å². The fraction of sp³-hybridized carbons (Fsp3) is 0.391. The number of nitrogens with two attached hydrogens (primary N) is 1. The lowest BCUT2D eigenvalue weighted by Crippen LogP contribution is -2.56. The average Bonchev–Trinajstić information content (AvgIpc) is 3.09. The number of aryl methyl sites for hydroxylation is 1. The molecule has 0 bridgehead atoms. The molecule has 1 saturated heterocycles. The number of nitrogens with zero attached hydrogens (tertiary/aromatic N) is 3. The number of rotatable bonds is 5. The molecule has 1 aromatic heterocycles. The third-order valence-corrected chi connectivity index (χ3v) is 5.44. The SMILES string of the molecule is Cc1ccc(-n2nc(N3CCOCC3C(=O)NCCN)c3c2=CCCC=CC=3)cc1. The van der Waals surface area contributed by atoms with Gasteiger partial charge >= 0.3 is 0 Å². The maximum absolute atomic E-state index is 12.8. The zero-order chi connectivity index (χ0) is 20.9. The lowest BCUT2D eigenvalue weighted by molar-refractivity contribution is -0.124. The lowest BCUT2D eigenvalue weighted by Gasteiger charge is -2.34. The van der Waals surface area contributed by atoms with Crippen LogP contribution in [0.2, 0.25) is 0 Å². The van der Waals surface area contributed by atoms with E-state index in [4.69, 9.17) is 15.6 Å². The third kappa shape index (κ3) is 4.17. The van der Waals surface area contributed by atoms with E-state index in [0.29, 0.717) is 32.8 Å². The molecule has 2 heterocycles. The number of fused-ring (bicyclic) bond motifs is 1. The van der Waals surface area contributed by atoms with Crippen molar-refractivity contribution in [3.63, 3.8) is 0 Å². The first-order valence-corrected chi connectivity index (χ1v) is 10.5. The maximum Gasteiger partial charge on any atom is 0.245 e. The van der Waals surface area contributed by atoms with Crippen molar-refractivity contribution in [2.45, 2.75) is 25.8 Å². The summed E-state index contributed by atoms with van der Waals surface area (Å²) in [6.07, 6.45) is 10.5.